The van der Waals surface area contributed by atoms with Crippen LogP contribution in [0.4, 0.5) is 0 Å². The van der Waals surface area contributed by atoms with E-state index in [0.29, 0.717) is 12.0 Å². The van der Waals surface area contributed by atoms with Crippen molar-refractivity contribution in [2.24, 2.45) is 22.7 Å². The third kappa shape index (κ3) is 4.12. The van der Waals surface area contributed by atoms with E-state index in [4.69, 9.17) is 4.74 Å². The largest absolute Gasteiger partial charge is 0.381 e. The molecule has 4 heteroatoms. The summed E-state index contributed by atoms with van der Waals surface area (Å²) in [5.74, 6) is 3.62. The van der Waals surface area contributed by atoms with Gasteiger partial charge in [-0.15, -0.1) is 0 Å². The van der Waals surface area contributed by atoms with Crippen molar-refractivity contribution in [1.29, 1.82) is 0 Å². The Hall–Kier alpha value is -0.770. The molecule has 2 aliphatic carbocycles. The first-order valence-electron chi connectivity index (χ1n) is 8.90. The number of nitrogens with one attached hydrogen (secondary N) is 2. The summed E-state index contributed by atoms with van der Waals surface area (Å²) in [4.78, 5) is 4.40. The van der Waals surface area contributed by atoms with Gasteiger partial charge in [0.25, 0.3) is 0 Å². The van der Waals surface area contributed by atoms with Crippen LogP contribution in [-0.4, -0.2) is 38.8 Å². The summed E-state index contributed by atoms with van der Waals surface area (Å²) in [6, 6.07) is 0.621. The first-order valence-corrected chi connectivity index (χ1v) is 8.90. The van der Waals surface area contributed by atoms with E-state index in [9.17, 15) is 0 Å². The van der Waals surface area contributed by atoms with Crippen molar-refractivity contribution in [2.45, 2.75) is 57.4 Å². The Kier molecular flexibility index (Phi) is 5.39. The van der Waals surface area contributed by atoms with Crippen molar-refractivity contribution >= 4 is 5.96 Å². The Morgan fingerprint density at radius 2 is 1.95 bits per heavy atom. The van der Waals surface area contributed by atoms with Crippen LogP contribution in [0.5, 0.6) is 0 Å². The number of ether oxygens (including phenoxy) is 1. The van der Waals surface area contributed by atoms with Crippen LogP contribution in [0.1, 0.15) is 51.4 Å². The maximum absolute atomic E-state index is 5.43. The minimum atomic E-state index is 0.621. The fourth-order valence-corrected chi connectivity index (χ4v) is 4.38. The van der Waals surface area contributed by atoms with E-state index >= 15 is 0 Å². The summed E-state index contributed by atoms with van der Waals surface area (Å²) in [5, 5.41) is 7.15. The highest BCUT2D eigenvalue weighted by Gasteiger charge is 2.32. The molecule has 1 heterocycles. The fourth-order valence-electron chi connectivity index (χ4n) is 4.38. The van der Waals surface area contributed by atoms with Gasteiger partial charge >= 0.3 is 0 Å². The highest BCUT2D eigenvalue weighted by Crippen LogP contribution is 2.40. The van der Waals surface area contributed by atoms with Gasteiger partial charge in [-0.05, 0) is 37.5 Å². The SMILES string of the molecule is CN=C(NCC1CCOC1)NC1CCC2CCCCC2C1. The Labute approximate surface area is 129 Å². The molecule has 0 amide bonds. The lowest BCUT2D eigenvalue weighted by atomic mass is 9.69. The van der Waals surface area contributed by atoms with Crippen LogP contribution in [-0.2, 0) is 4.74 Å². The predicted molar refractivity (Wildman–Crippen MR) is 86.5 cm³/mol. The second-order valence-electron chi connectivity index (χ2n) is 7.14. The van der Waals surface area contributed by atoms with Gasteiger partial charge in [-0.2, -0.15) is 0 Å². The predicted octanol–water partition coefficient (Wildman–Crippen LogP) is 2.55. The lowest BCUT2D eigenvalue weighted by molar-refractivity contribution is 0.150. The van der Waals surface area contributed by atoms with E-state index in [1.807, 2.05) is 7.05 Å². The van der Waals surface area contributed by atoms with Gasteiger partial charge in [-0.3, -0.25) is 4.99 Å². The van der Waals surface area contributed by atoms with Crippen molar-refractivity contribution in [3.05, 3.63) is 0 Å². The van der Waals surface area contributed by atoms with Gasteiger partial charge in [0, 0.05) is 32.2 Å². The van der Waals surface area contributed by atoms with Crippen LogP contribution in [0.2, 0.25) is 0 Å². The van der Waals surface area contributed by atoms with E-state index < -0.39 is 0 Å². The van der Waals surface area contributed by atoms with Crippen molar-refractivity contribution in [3.8, 4) is 0 Å². The molecule has 120 valence electrons. The maximum atomic E-state index is 5.43. The standard InChI is InChI=1S/C17H31N3O/c1-18-17(19-11-13-8-9-21-12-13)20-16-7-6-14-4-2-3-5-15(14)10-16/h13-16H,2-12H2,1H3,(H2,18,19,20). The lowest BCUT2D eigenvalue weighted by Gasteiger charge is -2.39. The molecular formula is C17H31N3O. The molecular weight excluding hydrogens is 262 g/mol. The number of hydrogen-bond acceptors (Lipinski definition) is 2. The molecule has 0 radical (unpaired) electrons. The molecule has 0 spiro atoms. The minimum absolute atomic E-state index is 0.621. The minimum Gasteiger partial charge on any atom is -0.381 e. The monoisotopic (exact) mass is 293 g/mol. The van der Waals surface area contributed by atoms with E-state index in [2.05, 4.69) is 15.6 Å². The number of fused-ring (bicyclic) bond motifs is 1. The highest BCUT2D eigenvalue weighted by atomic mass is 16.5. The van der Waals surface area contributed by atoms with Crippen molar-refractivity contribution in [3.63, 3.8) is 0 Å². The molecule has 1 saturated heterocycles. The molecule has 0 bridgehead atoms. The average Bonchev–Trinajstić information content (AvgIpc) is 3.04. The second kappa shape index (κ2) is 7.48. The van der Waals surface area contributed by atoms with Gasteiger partial charge in [0.05, 0.1) is 6.61 Å². The van der Waals surface area contributed by atoms with Crippen molar-refractivity contribution < 1.29 is 4.74 Å². The first kappa shape index (κ1) is 15.1. The summed E-state index contributed by atoms with van der Waals surface area (Å²) >= 11 is 0. The zero-order valence-corrected chi connectivity index (χ0v) is 13.4. The molecule has 4 unspecified atom stereocenters. The highest BCUT2D eigenvalue weighted by molar-refractivity contribution is 5.79. The fraction of sp³-hybridized carbons (Fsp3) is 0.941. The molecule has 2 N–H and O–H groups in total. The van der Waals surface area contributed by atoms with Crippen molar-refractivity contribution in [1.82, 2.24) is 10.6 Å². The number of nitrogens with zero attached hydrogens (tertiary/aromatic N) is 1. The van der Waals surface area contributed by atoms with E-state index in [-0.39, 0.29) is 0 Å². The lowest BCUT2D eigenvalue weighted by Crippen LogP contribution is -2.47. The molecule has 1 aliphatic heterocycles. The second-order valence-corrected chi connectivity index (χ2v) is 7.14. The molecule has 0 aromatic heterocycles. The summed E-state index contributed by atoms with van der Waals surface area (Å²) in [6.07, 6.45) is 11.1. The molecule has 0 aromatic rings. The van der Waals surface area contributed by atoms with E-state index in [1.165, 1.54) is 51.4 Å². The number of guanidine groups is 1. The maximum Gasteiger partial charge on any atom is 0.191 e. The van der Waals surface area contributed by atoms with Gasteiger partial charge in [0.2, 0.25) is 0 Å². The summed E-state index contributed by atoms with van der Waals surface area (Å²) < 4.78 is 5.43. The smallest absolute Gasteiger partial charge is 0.191 e. The molecule has 3 aliphatic rings. The Bertz CT molecular complexity index is 352. The van der Waals surface area contributed by atoms with Crippen LogP contribution in [0.15, 0.2) is 4.99 Å². The number of aliphatic imine (C=N–C) groups is 1. The van der Waals surface area contributed by atoms with Crippen LogP contribution in [0, 0.1) is 17.8 Å². The summed E-state index contributed by atoms with van der Waals surface area (Å²) in [6.45, 7) is 2.81. The van der Waals surface area contributed by atoms with E-state index in [1.54, 1.807) is 0 Å². The van der Waals surface area contributed by atoms with E-state index in [0.717, 1.165) is 37.6 Å². The quantitative estimate of drug-likeness (QED) is 0.621. The Morgan fingerprint density at radius 1 is 1.10 bits per heavy atom. The molecule has 3 rings (SSSR count). The third-order valence-corrected chi connectivity index (χ3v) is 5.69. The normalized spacial score (nSPS) is 37.1. The van der Waals surface area contributed by atoms with Gasteiger partial charge in [0.15, 0.2) is 5.96 Å². The number of rotatable bonds is 3. The average molecular weight is 293 g/mol. The van der Waals surface area contributed by atoms with Gasteiger partial charge in [-0.1, -0.05) is 25.7 Å². The Balaban J connectivity index is 1.43. The van der Waals surface area contributed by atoms with Gasteiger partial charge in [0.1, 0.15) is 0 Å². The first-order chi connectivity index (χ1) is 10.3. The van der Waals surface area contributed by atoms with Gasteiger partial charge < -0.3 is 15.4 Å². The zero-order chi connectivity index (χ0) is 14.5. The molecule has 2 saturated carbocycles. The topological polar surface area (TPSA) is 45.7 Å². The summed E-state index contributed by atoms with van der Waals surface area (Å²) in [5.41, 5.74) is 0. The van der Waals surface area contributed by atoms with Crippen molar-refractivity contribution in [2.75, 3.05) is 26.8 Å². The molecule has 0 aromatic carbocycles. The van der Waals surface area contributed by atoms with Crippen LogP contribution in [0.3, 0.4) is 0 Å². The Morgan fingerprint density at radius 3 is 2.71 bits per heavy atom. The molecule has 21 heavy (non-hydrogen) atoms. The summed E-state index contributed by atoms with van der Waals surface area (Å²) in [7, 11) is 1.88. The number of hydrogen-bond donors (Lipinski definition) is 2. The van der Waals surface area contributed by atoms with Crippen LogP contribution < -0.4 is 10.6 Å². The zero-order valence-electron chi connectivity index (χ0n) is 13.4. The third-order valence-electron chi connectivity index (χ3n) is 5.69. The molecule has 4 atom stereocenters. The van der Waals surface area contributed by atoms with Crippen LogP contribution >= 0.6 is 0 Å². The van der Waals surface area contributed by atoms with Crippen LogP contribution in [0.25, 0.3) is 0 Å². The molecule has 4 nitrogen and oxygen atoms in total. The van der Waals surface area contributed by atoms with Gasteiger partial charge in [-0.25, -0.2) is 0 Å². The molecule has 3 fully saturated rings.